The van der Waals surface area contributed by atoms with Crippen molar-refractivity contribution in [1.29, 1.82) is 0 Å². The van der Waals surface area contributed by atoms with Gasteiger partial charge in [-0.1, -0.05) is 12.1 Å². The summed E-state index contributed by atoms with van der Waals surface area (Å²) >= 11 is 0. The molecule has 27 heavy (non-hydrogen) atoms. The first kappa shape index (κ1) is 17.8. The molecule has 0 unspecified atom stereocenters. The fourth-order valence-corrected chi connectivity index (χ4v) is 4.78. The number of ether oxygens (including phenoxy) is 2. The summed E-state index contributed by atoms with van der Waals surface area (Å²) in [5.41, 5.74) is -0.181. The Balaban J connectivity index is 1.46. The van der Waals surface area contributed by atoms with E-state index in [1.807, 2.05) is 18.2 Å². The van der Waals surface area contributed by atoms with Crippen molar-refractivity contribution in [2.45, 2.75) is 38.3 Å². The third kappa shape index (κ3) is 3.15. The Hall–Kier alpha value is -2.57. The minimum absolute atomic E-state index is 0.0677. The third-order valence-corrected chi connectivity index (χ3v) is 6.02. The Labute approximate surface area is 157 Å². The Morgan fingerprint density at radius 2 is 2.15 bits per heavy atom. The summed E-state index contributed by atoms with van der Waals surface area (Å²) in [6.07, 6.45) is 3.08. The zero-order valence-electron chi connectivity index (χ0n) is 15.3. The van der Waals surface area contributed by atoms with Crippen LogP contribution in [0.4, 0.5) is 0 Å². The highest BCUT2D eigenvalue weighted by molar-refractivity contribution is 5.98. The highest BCUT2D eigenvalue weighted by Crippen LogP contribution is 2.52. The molecule has 1 aromatic carbocycles. The molecule has 0 aromatic heterocycles. The molecule has 2 bridgehead atoms. The molecular formula is C20H24N2O5. The van der Waals surface area contributed by atoms with E-state index in [-0.39, 0.29) is 36.1 Å². The maximum atomic E-state index is 12.6. The summed E-state index contributed by atoms with van der Waals surface area (Å²) in [6.45, 7) is 1.92. The maximum Gasteiger partial charge on any atom is 0.325 e. The third-order valence-electron chi connectivity index (χ3n) is 6.02. The molecule has 5 rings (SSSR count). The average Bonchev–Trinajstić information content (AvgIpc) is 2.66. The van der Waals surface area contributed by atoms with E-state index in [1.54, 1.807) is 13.0 Å². The number of para-hydroxylation sites is 1. The number of carbonyl (C=O) groups excluding carboxylic acids is 3. The van der Waals surface area contributed by atoms with Crippen molar-refractivity contribution in [2.24, 2.45) is 17.8 Å². The standard InChI is InChI=1S/C20H24N2O5/c1-2-26-17(23)11-21-18(24)15-9-13-8-7-12(15)10-20(13)22-19(25)14-5-3-4-6-16(14)27-20/h3-6,12-13,15H,2,7-11H2,1H3,(H,21,24)(H,22,25)/t12-,13-,15+,20+/m1/s1. The lowest BCUT2D eigenvalue weighted by Gasteiger charge is -2.55. The van der Waals surface area contributed by atoms with Gasteiger partial charge in [0.2, 0.25) is 5.91 Å². The zero-order chi connectivity index (χ0) is 19.0. The van der Waals surface area contributed by atoms with E-state index < -0.39 is 11.7 Å². The molecule has 1 aromatic rings. The lowest BCUT2D eigenvalue weighted by atomic mass is 9.60. The van der Waals surface area contributed by atoms with Gasteiger partial charge in [0.15, 0.2) is 5.72 Å². The zero-order valence-corrected chi connectivity index (χ0v) is 15.3. The summed E-state index contributed by atoms with van der Waals surface area (Å²) in [5, 5.41) is 5.77. The van der Waals surface area contributed by atoms with Crippen molar-refractivity contribution >= 4 is 17.8 Å². The van der Waals surface area contributed by atoms with Crippen LogP contribution in [0.15, 0.2) is 24.3 Å². The van der Waals surface area contributed by atoms with Crippen LogP contribution in [-0.2, 0) is 14.3 Å². The number of rotatable bonds is 4. The van der Waals surface area contributed by atoms with Crippen LogP contribution in [0.3, 0.4) is 0 Å². The molecule has 144 valence electrons. The normalized spacial score (nSPS) is 30.9. The second-order valence-corrected chi connectivity index (χ2v) is 7.55. The summed E-state index contributed by atoms with van der Waals surface area (Å²) in [6, 6.07) is 7.25. The predicted molar refractivity (Wildman–Crippen MR) is 95.8 cm³/mol. The summed E-state index contributed by atoms with van der Waals surface area (Å²) in [5.74, 6) is -0.0369. The number of esters is 1. The first-order valence-electron chi connectivity index (χ1n) is 9.56. The van der Waals surface area contributed by atoms with Crippen LogP contribution in [0, 0.1) is 17.8 Å². The predicted octanol–water partition coefficient (Wildman–Crippen LogP) is 1.62. The van der Waals surface area contributed by atoms with Gasteiger partial charge in [-0.2, -0.15) is 0 Å². The van der Waals surface area contributed by atoms with E-state index in [0.717, 1.165) is 12.8 Å². The van der Waals surface area contributed by atoms with Crippen LogP contribution >= 0.6 is 0 Å². The van der Waals surface area contributed by atoms with Crippen LogP contribution in [0.2, 0.25) is 0 Å². The van der Waals surface area contributed by atoms with E-state index in [9.17, 15) is 14.4 Å². The molecule has 3 saturated carbocycles. The van der Waals surface area contributed by atoms with Crippen LogP contribution in [-0.4, -0.2) is 36.7 Å². The molecule has 2 amide bonds. The molecule has 7 nitrogen and oxygen atoms in total. The van der Waals surface area contributed by atoms with Gasteiger partial charge >= 0.3 is 5.97 Å². The smallest absolute Gasteiger partial charge is 0.325 e. The van der Waals surface area contributed by atoms with Gasteiger partial charge < -0.3 is 20.1 Å². The van der Waals surface area contributed by atoms with Gasteiger partial charge in [-0.05, 0) is 44.2 Å². The Morgan fingerprint density at radius 3 is 2.89 bits per heavy atom. The van der Waals surface area contributed by atoms with Crippen LogP contribution < -0.4 is 15.4 Å². The fraction of sp³-hybridized carbons (Fsp3) is 0.550. The molecule has 2 N–H and O–H groups in total. The van der Waals surface area contributed by atoms with Crippen molar-refractivity contribution in [2.75, 3.05) is 13.2 Å². The van der Waals surface area contributed by atoms with Gasteiger partial charge in [0.1, 0.15) is 12.3 Å². The van der Waals surface area contributed by atoms with Crippen molar-refractivity contribution in [1.82, 2.24) is 10.6 Å². The SMILES string of the molecule is CCOC(=O)CNC(=O)[C@H]1C[C@H]2CC[C@@H]1C[C@@]21NC(=O)c2ccccc2O1. The van der Waals surface area contributed by atoms with E-state index in [4.69, 9.17) is 9.47 Å². The van der Waals surface area contributed by atoms with Gasteiger partial charge in [0, 0.05) is 18.3 Å². The van der Waals surface area contributed by atoms with Crippen LogP contribution in [0.5, 0.6) is 5.75 Å². The molecule has 1 spiro atoms. The second-order valence-electron chi connectivity index (χ2n) is 7.55. The van der Waals surface area contributed by atoms with E-state index in [1.165, 1.54) is 0 Å². The number of amides is 2. The lowest BCUT2D eigenvalue weighted by Crippen LogP contribution is -2.67. The first-order valence-corrected chi connectivity index (χ1v) is 9.56. The number of carbonyl (C=O) groups is 3. The van der Waals surface area contributed by atoms with Crippen molar-refractivity contribution in [3.63, 3.8) is 0 Å². The molecule has 4 atom stereocenters. The summed E-state index contributed by atoms with van der Waals surface area (Å²) in [7, 11) is 0. The molecule has 1 aliphatic heterocycles. The van der Waals surface area contributed by atoms with Gasteiger partial charge in [0.25, 0.3) is 5.91 Å². The Morgan fingerprint density at radius 1 is 1.33 bits per heavy atom. The van der Waals surface area contributed by atoms with Gasteiger partial charge in [-0.3, -0.25) is 14.4 Å². The maximum absolute atomic E-state index is 12.6. The van der Waals surface area contributed by atoms with E-state index >= 15 is 0 Å². The van der Waals surface area contributed by atoms with Crippen molar-refractivity contribution in [3.8, 4) is 5.75 Å². The minimum atomic E-state index is -0.730. The van der Waals surface area contributed by atoms with Crippen LogP contribution in [0.1, 0.15) is 43.0 Å². The number of fused-ring (bicyclic) bond motifs is 3. The largest absolute Gasteiger partial charge is 0.467 e. The minimum Gasteiger partial charge on any atom is -0.467 e. The lowest BCUT2D eigenvalue weighted by molar-refractivity contribution is -0.150. The Bertz CT molecular complexity index is 779. The highest BCUT2D eigenvalue weighted by atomic mass is 16.5. The van der Waals surface area contributed by atoms with E-state index in [0.29, 0.717) is 30.8 Å². The molecule has 1 heterocycles. The first-order chi connectivity index (χ1) is 13.0. The molecule has 4 aliphatic rings. The Kier molecular flexibility index (Phi) is 4.53. The topological polar surface area (TPSA) is 93.7 Å². The van der Waals surface area contributed by atoms with Crippen LogP contribution in [0.25, 0.3) is 0 Å². The molecule has 0 saturated heterocycles. The molecular weight excluding hydrogens is 348 g/mol. The van der Waals surface area contributed by atoms with Gasteiger partial charge in [-0.25, -0.2) is 0 Å². The quantitative estimate of drug-likeness (QED) is 0.784. The molecule has 7 heteroatoms. The second kappa shape index (κ2) is 6.87. The number of hydrogen-bond donors (Lipinski definition) is 2. The monoisotopic (exact) mass is 372 g/mol. The highest BCUT2D eigenvalue weighted by Gasteiger charge is 2.57. The molecule has 3 aliphatic carbocycles. The number of hydrogen-bond acceptors (Lipinski definition) is 5. The average molecular weight is 372 g/mol. The van der Waals surface area contributed by atoms with Gasteiger partial charge in [0.05, 0.1) is 12.2 Å². The molecule has 0 radical (unpaired) electrons. The number of benzene rings is 1. The van der Waals surface area contributed by atoms with E-state index in [2.05, 4.69) is 10.6 Å². The summed E-state index contributed by atoms with van der Waals surface area (Å²) < 4.78 is 11.1. The summed E-state index contributed by atoms with van der Waals surface area (Å²) in [4.78, 5) is 36.6. The van der Waals surface area contributed by atoms with Crippen molar-refractivity contribution < 1.29 is 23.9 Å². The van der Waals surface area contributed by atoms with Crippen molar-refractivity contribution in [3.05, 3.63) is 29.8 Å². The number of nitrogens with one attached hydrogen (secondary N) is 2. The fourth-order valence-electron chi connectivity index (χ4n) is 4.78. The molecule has 3 fully saturated rings. The van der Waals surface area contributed by atoms with Gasteiger partial charge in [-0.15, -0.1) is 0 Å².